The fourth-order valence-electron chi connectivity index (χ4n) is 2.63. The average molecular weight is 437 g/mol. The number of benzene rings is 2. The van der Waals surface area contributed by atoms with Gasteiger partial charge in [0.25, 0.3) is 5.91 Å². The highest BCUT2D eigenvalue weighted by atomic mass is 35.5. The molecule has 2 aromatic rings. The molecule has 1 N–H and O–H groups in total. The number of carbonyl (C=O) groups excluding carboxylic acids is 2. The lowest BCUT2D eigenvalue weighted by molar-refractivity contribution is -0.142. The van der Waals surface area contributed by atoms with Crippen LogP contribution in [0.4, 0.5) is 0 Å². The summed E-state index contributed by atoms with van der Waals surface area (Å²) in [6, 6.07) is 13.5. The molecule has 0 aliphatic heterocycles. The van der Waals surface area contributed by atoms with Gasteiger partial charge in [0, 0.05) is 28.7 Å². The van der Waals surface area contributed by atoms with Gasteiger partial charge in [-0.2, -0.15) is 0 Å². The zero-order chi connectivity index (χ0) is 21.4. The fraction of sp³-hybridized carbons (Fsp3) is 0.364. The van der Waals surface area contributed by atoms with E-state index in [1.54, 1.807) is 37.3 Å². The molecule has 0 aromatic heterocycles. The zero-order valence-corrected chi connectivity index (χ0v) is 18.3. The highest BCUT2D eigenvalue weighted by Crippen LogP contribution is 2.26. The van der Waals surface area contributed by atoms with E-state index in [4.69, 9.17) is 27.9 Å². The number of nitrogens with one attached hydrogen (secondary N) is 1. The number of hydrogen-bond acceptors (Lipinski definition) is 3. The van der Waals surface area contributed by atoms with Crippen molar-refractivity contribution < 1.29 is 14.3 Å². The predicted octanol–water partition coefficient (Wildman–Crippen LogP) is 4.56. The van der Waals surface area contributed by atoms with E-state index in [1.165, 1.54) is 4.90 Å². The molecule has 2 amide bonds. The molecular weight excluding hydrogens is 411 g/mol. The summed E-state index contributed by atoms with van der Waals surface area (Å²) < 4.78 is 5.59. The van der Waals surface area contributed by atoms with E-state index in [9.17, 15) is 9.59 Å². The predicted molar refractivity (Wildman–Crippen MR) is 116 cm³/mol. The van der Waals surface area contributed by atoms with Crippen LogP contribution in [0.1, 0.15) is 26.3 Å². The number of para-hydroxylation sites is 1. The molecule has 0 spiro atoms. The number of ether oxygens (including phenoxy) is 1. The SMILES string of the molecule is CC(C)CNC(=O)[C@H](C)N(Cc1c(Cl)cccc1Cl)C(=O)COc1ccccc1. The van der Waals surface area contributed by atoms with Gasteiger partial charge in [-0.15, -0.1) is 0 Å². The molecule has 0 heterocycles. The Morgan fingerprint density at radius 1 is 1.00 bits per heavy atom. The molecule has 5 nitrogen and oxygen atoms in total. The van der Waals surface area contributed by atoms with Crippen LogP contribution in [-0.2, 0) is 16.1 Å². The van der Waals surface area contributed by atoms with E-state index in [2.05, 4.69) is 5.32 Å². The monoisotopic (exact) mass is 436 g/mol. The van der Waals surface area contributed by atoms with E-state index in [0.29, 0.717) is 33.8 Å². The topological polar surface area (TPSA) is 58.6 Å². The summed E-state index contributed by atoms with van der Waals surface area (Å²) >= 11 is 12.6. The molecule has 0 fully saturated rings. The maximum absolute atomic E-state index is 13.0. The third-order valence-corrected chi connectivity index (χ3v) is 5.06. The number of carbonyl (C=O) groups is 2. The molecule has 0 saturated carbocycles. The molecule has 2 rings (SSSR count). The van der Waals surface area contributed by atoms with Gasteiger partial charge in [0.2, 0.25) is 5.91 Å². The highest BCUT2D eigenvalue weighted by Gasteiger charge is 2.27. The Morgan fingerprint density at radius 3 is 2.21 bits per heavy atom. The van der Waals surface area contributed by atoms with E-state index < -0.39 is 6.04 Å². The Hall–Kier alpha value is -2.24. The van der Waals surface area contributed by atoms with Crippen LogP contribution in [0, 0.1) is 5.92 Å². The highest BCUT2D eigenvalue weighted by molar-refractivity contribution is 6.36. The van der Waals surface area contributed by atoms with Crippen molar-refractivity contribution in [1.82, 2.24) is 10.2 Å². The van der Waals surface area contributed by atoms with Gasteiger partial charge in [0.1, 0.15) is 11.8 Å². The quantitative estimate of drug-likeness (QED) is 0.626. The maximum atomic E-state index is 13.0. The van der Waals surface area contributed by atoms with Crippen LogP contribution < -0.4 is 10.1 Å². The molecule has 0 radical (unpaired) electrons. The average Bonchev–Trinajstić information content (AvgIpc) is 2.70. The summed E-state index contributed by atoms with van der Waals surface area (Å²) in [5.74, 6) is 0.301. The lowest BCUT2D eigenvalue weighted by atomic mass is 10.1. The van der Waals surface area contributed by atoms with Gasteiger partial charge in [0.05, 0.1) is 0 Å². The lowest BCUT2D eigenvalue weighted by Crippen LogP contribution is -2.49. The molecule has 0 saturated heterocycles. The molecular formula is C22H26Cl2N2O3. The number of amides is 2. The molecule has 0 unspecified atom stereocenters. The van der Waals surface area contributed by atoms with E-state index in [0.717, 1.165) is 0 Å². The van der Waals surface area contributed by atoms with Gasteiger partial charge in [-0.3, -0.25) is 9.59 Å². The van der Waals surface area contributed by atoms with Crippen LogP contribution >= 0.6 is 23.2 Å². The normalized spacial score (nSPS) is 11.8. The number of hydrogen-bond donors (Lipinski definition) is 1. The molecule has 29 heavy (non-hydrogen) atoms. The minimum Gasteiger partial charge on any atom is -0.484 e. The Labute approximate surface area is 181 Å². The first-order valence-electron chi connectivity index (χ1n) is 9.47. The van der Waals surface area contributed by atoms with Crippen molar-refractivity contribution in [2.75, 3.05) is 13.2 Å². The molecule has 156 valence electrons. The molecule has 1 atom stereocenters. The largest absolute Gasteiger partial charge is 0.484 e. The summed E-state index contributed by atoms with van der Waals surface area (Å²) in [6.45, 7) is 6.12. The first kappa shape index (κ1) is 23.0. The van der Waals surface area contributed by atoms with Gasteiger partial charge in [-0.05, 0) is 37.1 Å². The third-order valence-electron chi connectivity index (χ3n) is 4.35. The summed E-state index contributed by atoms with van der Waals surface area (Å²) in [6.07, 6.45) is 0. The van der Waals surface area contributed by atoms with Gasteiger partial charge in [-0.25, -0.2) is 0 Å². The maximum Gasteiger partial charge on any atom is 0.261 e. The standard InChI is InChI=1S/C22H26Cl2N2O3/c1-15(2)12-25-22(28)16(3)26(13-18-19(23)10-7-11-20(18)24)21(27)14-29-17-8-5-4-6-9-17/h4-11,15-16H,12-14H2,1-3H3,(H,25,28)/t16-/m0/s1. The Bertz CT molecular complexity index is 808. The van der Waals surface area contributed by atoms with Crippen molar-refractivity contribution >= 4 is 35.0 Å². The number of nitrogens with zero attached hydrogens (tertiary/aromatic N) is 1. The van der Waals surface area contributed by atoms with Gasteiger partial charge in [-0.1, -0.05) is 61.3 Å². The van der Waals surface area contributed by atoms with Crippen LogP contribution in [0.15, 0.2) is 48.5 Å². The smallest absolute Gasteiger partial charge is 0.261 e. The molecule has 7 heteroatoms. The second-order valence-corrected chi connectivity index (χ2v) is 7.95. The van der Waals surface area contributed by atoms with Crippen LogP contribution in [0.3, 0.4) is 0 Å². The Morgan fingerprint density at radius 2 is 1.62 bits per heavy atom. The first-order chi connectivity index (χ1) is 13.8. The van der Waals surface area contributed by atoms with Gasteiger partial charge in [0.15, 0.2) is 6.61 Å². The van der Waals surface area contributed by atoms with Crippen LogP contribution in [0.5, 0.6) is 5.75 Å². The lowest BCUT2D eigenvalue weighted by Gasteiger charge is -2.29. The minimum absolute atomic E-state index is 0.103. The number of halogens is 2. The number of rotatable bonds is 9. The van der Waals surface area contributed by atoms with Crippen molar-refractivity contribution in [3.05, 3.63) is 64.1 Å². The fourth-order valence-corrected chi connectivity index (χ4v) is 3.15. The summed E-state index contributed by atoms with van der Waals surface area (Å²) in [7, 11) is 0. The van der Waals surface area contributed by atoms with E-state index >= 15 is 0 Å². The molecule has 0 aliphatic carbocycles. The van der Waals surface area contributed by atoms with E-state index in [1.807, 2.05) is 32.0 Å². The third kappa shape index (κ3) is 6.94. The van der Waals surface area contributed by atoms with Crippen LogP contribution in [-0.4, -0.2) is 35.9 Å². The van der Waals surface area contributed by atoms with Crippen molar-refractivity contribution in [2.45, 2.75) is 33.4 Å². The second-order valence-electron chi connectivity index (χ2n) is 7.14. The molecule has 2 aromatic carbocycles. The summed E-state index contributed by atoms with van der Waals surface area (Å²) in [4.78, 5) is 27.0. The zero-order valence-electron chi connectivity index (χ0n) is 16.8. The summed E-state index contributed by atoms with van der Waals surface area (Å²) in [5.41, 5.74) is 0.590. The van der Waals surface area contributed by atoms with Crippen molar-refractivity contribution in [3.8, 4) is 5.75 Å². The summed E-state index contributed by atoms with van der Waals surface area (Å²) in [5, 5.41) is 3.74. The Balaban J connectivity index is 2.19. The second kappa shape index (κ2) is 11.1. The minimum atomic E-state index is -0.715. The van der Waals surface area contributed by atoms with Crippen molar-refractivity contribution in [3.63, 3.8) is 0 Å². The van der Waals surface area contributed by atoms with Crippen LogP contribution in [0.2, 0.25) is 10.0 Å². The van der Waals surface area contributed by atoms with Gasteiger partial charge < -0.3 is 15.0 Å². The van der Waals surface area contributed by atoms with Gasteiger partial charge >= 0.3 is 0 Å². The molecule has 0 aliphatic rings. The first-order valence-corrected chi connectivity index (χ1v) is 10.2. The van der Waals surface area contributed by atoms with Crippen molar-refractivity contribution in [2.24, 2.45) is 5.92 Å². The van der Waals surface area contributed by atoms with E-state index in [-0.39, 0.29) is 25.0 Å². The Kier molecular flexibility index (Phi) is 8.80. The van der Waals surface area contributed by atoms with Crippen LogP contribution in [0.25, 0.3) is 0 Å². The van der Waals surface area contributed by atoms with Crippen molar-refractivity contribution in [1.29, 1.82) is 0 Å². The molecule has 0 bridgehead atoms.